The second-order valence-electron chi connectivity index (χ2n) is 10.5. The van der Waals surface area contributed by atoms with Gasteiger partial charge in [0, 0.05) is 61.7 Å². The third-order valence-electron chi connectivity index (χ3n) is 7.99. The van der Waals surface area contributed by atoms with Gasteiger partial charge in [-0.15, -0.1) is 0 Å². The monoisotopic (exact) mass is 540 g/mol. The molecule has 0 bridgehead atoms. The lowest BCUT2D eigenvalue weighted by molar-refractivity contribution is 0.0489. The summed E-state index contributed by atoms with van der Waals surface area (Å²) in [4.78, 5) is 32.6. The van der Waals surface area contributed by atoms with Crippen LogP contribution in [-0.4, -0.2) is 73.7 Å². The number of benzene rings is 3. The normalized spacial score (nSPS) is 20.5. The lowest BCUT2D eigenvalue weighted by atomic mass is 10.1. The fraction of sp³-hybridized carbons (Fsp3) is 0.375. The molecule has 0 radical (unpaired) electrons. The maximum Gasteiger partial charge on any atom is 0.256 e. The first-order valence-corrected chi connectivity index (χ1v) is 14.3. The Hall–Kier alpha value is -4.04. The van der Waals surface area contributed by atoms with Crippen LogP contribution < -0.4 is 15.0 Å². The van der Waals surface area contributed by atoms with Gasteiger partial charge in [-0.2, -0.15) is 0 Å². The molecule has 6 rings (SSSR count). The molecule has 1 N–H and O–H groups in total. The molecule has 3 heterocycles. The highest BCUT2D eigenvalue weighted by atomic mass is 16.5. The van der Waals surface area contributed by atoms with Crippen LogP contribution in [0.15, 0.2) is 72.8 Å². The fourth-order valence-corrected chi connectivity index (χ4v) is 5.92. The number of anilines is 2. The number of amides is 2. The number of carbonyl (C=O) groups is 2. The SMILES string of the molecule is CCOc1ccccc1N1CCN(C(=O)c2ccc(N[C@@H]3c4ccccc4C(=O)N3C[C@H]3CCCO3)cc2)CC1. The van der Waals surface area contributed by atoms with Gasteiger partial charge >= 0.3 is 0 Å². The summed E-state index contributed by atoms with van der Waals surface area (Å²) in [6.45, 7) is 6.73. The van der Waals surface area contributed by atoms with Crippen molar-refractivity contribution in [3.63, 3.8) is 0 Å². The average Bonchev–Trinajstić information content (AvgIpc) is 3.61. The molecule has 0 spiro atoms. The fourth-order valence-electron chi connectivity index (χ4n) is 5.92. The highest BCUT2D eigenvalue weighted by Crippen LogP contribution is 2.35. The van der Waals surface area contributed by atoms with Crippen molar-refractivity contribution >= 4 is 23.2 Å². The lowest BCUT2D eigenvalue weighted by Gasteiger charge is -2.36. The van der Waals surface area contributed by atoms with Gasteiger partial charge in [0.05, 0.1) is 18.4 Å². The maximum atomic E-state index is 13.3. The molecule has 0 aliphatic carbocycles. The van der Waals surface area contributed by atoms with Crippen molar-refractivity contribution in [2.45, 2.75) is 32.0 Å². The number of nitrogens with zero attached hydrogens (tertiary/aromatic N) is 3. The summed E-state index contributed by atoms with van der Waals surface area (Å²) in [5, 5.41) is 3.54. The van der Waals surface area contributed by atoms with E-state index >= 15 is 0 Å². The van der Waals surface area contributed by atoms with Crippen LogP contribution in [0.4, 0.5) is 11.4 Å². The molecule has 3 aromatic rings. The van der Waals surface area contributed by atoms with Crippen molar-refractivity contribution < 1.29 is 19.1 Å². The van der Waals surface area contributed by atoms with Gasteiger partial charge in [0.2, 0.25) is 0 Å². The molecule has 8 nitrogen and oxygen atoms in total. The minimum Gasteiger partial charge on any atom is -0.492 e. The minimum atomic E-state index is -0.276. The lowest BCUT2D eigenvalue weighted by Crippen LogP contribution is -2.48. The second kappa shape index (κ2) is 11.6. The van der Waals surface area contributed by atoms with E-state index in [0.717, 1.165) is 60.8 Å². The first-order chi connectivity index (χ1) is 19.6. The minimum absolute atomic E-state index is 0.0263. The third kappa shape index (κ3) is 5.23. The van der Waals surface area contributed by atoms with Gasteiger partial charge in [-0.1, -0.05) is 30.3 Å². The van der Waals surface area contributed by atoms with Gasteiger partial charge < -0.3 is 29.5 Å². The first-order valence-electron chi connectivity index (χ1n) is 14.3. The van der Waals surface area contributed by atoms with E-state index in [1.165, 1.54) is 0 Å². The van der Waals surface area contributed by atoms with Crippen LogP contribution in [0, 0.1) is 0 Å². The number of hydrogen-bond acceptors (Lipinski definition) is 6. The van der Waals surface area contributed by atoms with E-state index in [1.54, 1.807) is 0 Å². The topological polar surface area (TPSA) is 74.4 Å². The Morgan fingerprint density at radius 2 is 1.73 bits per heavy atom. The van der Waals surface area contributed by atoms with Crippen molar-refractivity contribution in [1.82, 2.24) is 9.80 Å². The van der Waals surface area contributed by atoms with Crippen molar-refractivity contribution in [3.8, 4) is 5.75 Å². The van der Waals surface area contributed by atoms with Gasteiger partial charge in [-0.05, 0) is 62.2 Å². The summed E-state index contributed by atoms with van der Waals surface area (Å²) in [5.74, 6) is 0.942. The number of fused-ring (bicyclic) bond motifs is 1. The Balaban J connectivity index is 1.11. The van der Waals surface area contributed by atoms with Gasteiger partial charge in [0.25, 0.3) is 11.8 Å². The van der Waals surface area contributed by atoms with E-state index < -0.39 is 0 Å². The van der Waals surface area contributed by atoms with Crippen molar-refractivity contribution in [1.29, 1.82) is 0 Å². The molecule has 208 valence electrons. The Bertz CT molecular complexity index is 1350. The Labute approximate surface area is 235 Å². The van der Waals surface area contributed by atoms with E-state index in [9.17, 15) is 9.59 Å². The molecule has 3 aromatic carbocycles. The number of para-hydroxylation sites is 2. The van der Waals surface area contributed by atoms with E-state index in [0.29, 0.717) is 31.8 Å². The number of piperazine rings is 1. The standard InChI is InChI=1S/C32H36N4O4/c1-2-39-29-12-6-5-11-28(29)34-17-19-35(20-18-34)31(37)23-13-15-24(16-14-23)33-30-26-9-3-4-10-27(26)32(38)36(30)22-25-8-7-21-40-25/h3-6,9-16,25,30,33H,2,7-8,17-22H2,1H3/t25-,30+/m1/s1. The number of nitrogens with one attached hydrogen (secondary N) is 1. The van der Waals surface area contributed by atoms with Gasteiger partial charge in [0.1, 0.15) is 11.9 Å². The molecule has 8 heteroatoms. The summed E-state index contributed by atoms with van der Waals surface area (Å²) in [7, 11) is 0. The number of carbonyl (C=O) groups excluding carboxylic acids is 2. The smallest absolute Gasteiger partial charge is 0.256 e. The molecule has 0 saturated carbocycles. The Kier molecular flexibility index (Phi) is 7.60. The summed E-state index contributed by atoms with van der Waals surface area (Å²) < 4.78 is 11.6. The summed E-state index contributed by atoms with van der Waals surface area (Å²) in [5.41, 5.74) is 4.29. The molecule has 2 fully saturated rings. The van der Waals surface area contributed by atoms with Gasteiger partial charge in [-0.25, -0.2) is 0 Å². The zero-order valence-corrected chi connectivity index (χ0v) is 22.9. The number of ether oxygens (including phenoxy) is 2. The molecule has 0 unspecified atom stereocenters. The van der Waals surface area contributed by atoms with E-state index in [-0.39, 0.29) is 24.1 Å². The van der Waals surface area contributed by atoms with Crippen LogP contribution in [0.2, 0.25) is 0 Å². The van der Waals surface area contributed by atoms with Crippen LogP contribution in [0.3, 0.4) is 0 Å². The summed E-state index contributed by atoms with van der Waals surface area (Å²) in [6, 6.07) is 23.4. The predicted octanol–water partition coefficient (Wildman–Crippen LogP) is 4.79. The highest BCUT2D eigenvalue weighted by molar-refractivity contribution is 5.99. The number of rotatable bonds is 8. The Morgan fingerprint density at radius 3 is 2.48 bits per heavy atom. The largest absolute Gasteiger partial charge is 0.492 e. The summed E-state index contributed by atoms with van der Waals surface area (Å²) >= 11 is 0. The third-order valence-corrected chi connectivity index (χ3v) is 7.99. The molecule has 3 aliphatic rings. The molecular formula is C32H36N4O4. The van der Waals surface area contributed by atoms with Gasteiger partial charge in [-0.3, -0.25) is 9.59 Å². The molecule has 40 heavy (non-hydrogen) atoms. The first kappa shape index (κ1) is 26.2. The van der Waals surface area contributed by atoms with Crippen molar-refractivity contribution in [2.24, 2.45) is 0 Å². The van der Waals surface area contributed by atoms with Crippen molar-refractivity contribution in [2.75, 3.05) is 56.2 Å². The van der Waals surface area contributed by atoms with Crippen molar-refractivity contribution in [3.05, 3.63) is 89.5 Å². The van der Waals surface area contributed by atoms with E-state index in [2.05, 4.69) is 16.3 Å². The highest BCUT2D eigenvalue weighted by Gasteiger charge is 2.38. The zero-order chi connectivity index (χ0) is 27.5. The average molecular weight is 541 g/mol. The molecule has 2 amide bonds. The molecular weight excluding hydrogens is 504 g/mol. The Morgan fingerprint density at radius 1 is 0.975 bits per heavy atom. The predicted molar refractivity (Wildman–Crippen MR) is 155 cm³/mol. The second-order valence-corrected chi connectivity index (χ2v) is 10.5. The molecule has 2 atom stereocenters. The molecule has 3 aliphatic heterocycles. The van der Waals surface area contributed by atoms with Gasteiger partial charge in [0.15, 0.2) is 0 Å². The quantitative estimate of drug-likeness (QED) is 0.443. The van der Waals surface area contributed by atoms with Crippen LogP contribution in [0.25, 0.3) is 0 Å². The van der Waals surface area contributed by atoms with Crippen LogP contribution in [0.5, 0.6) is 5.75 Å². The zero-order valence-electron chi connectivity index (χ0n) is 22.9. The van der Waals surface area contributed by atoms with Crippen LogP contribution in [-0.2, 0) is 4.74 Å². The molecule has 0 aromatic heterocycles. The van der Waals surface area contributed by atoms with Crippen LogP contribution >= 0.6 is 0 Å². The molecule has 2 saturated heterocycles. The van der Waals surface area contributed by atoms with E-state index in [1.807, 2.05) is 83.5 Å². The van der Waals surface area contributed by atoms with Crippen LogP contribution in [0.1, 0.15) is 52.2 Å². The number of hydrogen-bond donors (Lipinski definition) is 1. The summed E-state index contributed by atoms with van der Waals surface area (Å²) in [6.07, 6.45) is 1.79. The maximum absolute atomic E-state index is 13.3. The van der Waals surface area contributed by atoms with E-state index in [4.69, 9.17) is 9.47 Å².